The molecule has 2 aromatic rings. The summed E-state index contributed by atoms with van der Waals surface area (Å²) in [6.45, 7) is 0.761. The third kappa shape index (κ3) is 1.55. The average molecular weight is 259 g/mol. The van der Waals surface area contributed by atoms with E-state index in [0.717, 1.165) is 19.4 Å². The van der Waals surface area contributed by atoms with E-state index in [4.69, 9.17) is 27.9 Å². The lowest BCUT2D eigenvalue weighted by Gasteiger charge is -2.11. The lowest BCUT2D eigenvalue weighted by atomic mass is 10.3. The molecule has 1 aliphatic rings. The van der Waals surface area contributed by atoms with Crippen LogP contribution in [0, 0.1) is 0 Å². The van der Waals surface area contributed by atoms with E-state index < -0.39 is 0 Å². The molecule has 0 N–H and O–H groups in total. The molecule has 5 nitrogen and oxygen atoms in total. The quantitative estimate of drug-likeness (QED) is 0.583. The highest BCUT2D eigenvalue weighted by Gasteiger charge is 2.21. The largest absolute Gasteiger partial charge is 0.358 e. The summed E-state index contributed by atoms with van der Waals surface area (Å²) in [7, 11) is 0. The van der Waals surface area contributed by atoms with E-state index >= 15 is 0 Å². The van der Waals surface area contributed by atoms with Crippen molar-refractivity contribution in [2.75, 3.05) is 6.61 Å². The second-order valence-corrected chi connectivity index (χ2v) is 4.27. The van der Waals surface area contributed by atoms with E-state index in [1.807, 2.05) is 4.57 Å². The summed E-state index contributed by atoms with van der Waals surface area (Å²) in [6, 6.07) is 0. The van der Waals surface area contributed by atoms with Crippen LogP contribution in [-0.4, -0.2) is 26.1 Å². The first-order chi connectivity index (χ1) is 7.75. The van der Waals surface area contributed by atoms with E-state index in [-0.39, 0.29) is 16.7 Å². The first-order valence-corrected chi connectivity index (χ1v) is 5.68. The molecule has 3 rings (SSSR count). The molecule has 0 saturated carbocycles. The number of hydrogen-bond donors (Lipinski definition) is 0. The predicted molar refractivity (Wildman–Crippen MR) is 59.6 cm³/mol. The maximum atomic E-state index is 5.93. The molecule has 16 heavy (non-hydrogen) atoms. The highest BCUT2D eigenvalue weighted by Crippen LogP contribution is 2.28. The smallest absolute Gasteiger partial charge is 0.225 e. The summed E-state index contributed by atoms with van der Waals surface area (Å²) >= 11 is 11.7. The van der Waals surface area contributed by atoms with Gasteiger partial charge in [-0.05, 0) is 24.4 Å². The molecule has 2 aromatic heterocycles. The van der Waals surface area contributed by atoms with E-state index in [9.17, 15) is 0 Å². The van der Waals surface area contributed by atoms with Gasteiger partial charge in [0.05, 0.1) is 6.33 Å². The van der Waals surface area contributed by atoms with Crippen LogP contribution in [-0.2, 0) is 4.74 Å². The molecule has 1 atom stereocenters. The minimum Gasteiger partial charge on any atom is -0.358 e. The maximum Gasteiger partial charge on any atom is 0.225 e. The molecule has 7 heteroatoms. The number of hydrogen-bond acceptors (Lipinski definition) is 4. The Kier molecular flexibility index (Phi) is 2.46. The zero-order chi connectivity index (χ0) is 11.1. The van der Waals surface area contributed by atoms with Crippen molar-refractivity contribution in [1.82, 2.24) is 19.5 Å². The van der Waals surface area contributed by atoms with E-state index in [0.29, 0.717) is 11.2 Å². The molecule has 0 bridgehead atoms. The van der Waals surface area contributed by atoms with E-state index in [1.54, 1.807) is 6.33 Å². The molecular weight excluding hydrogens is 251 g/mol. The average Bonchev–Trinajstić information content (AvgIpc) is 2.83. The van der Waals surface area contributed by atoms with Crippen LogP contribution in [0.25, 0.3) is 11.2 Å². The summed E-state index contributed by atoms with van der Waals surface area (Å²) < 4.78 is 7.41. The van der Waals surface area contributed by atoms with Crippen molar-refractivity contribution >= 4 is 34.4 Å². The summed E-state index contributed by atoms with van der Waals surface area (Å²) in [6.07, 6.45) is 3.63. The van der Waals surface area contributed by atoms with Crippen molar-refractivity contribution in [3.8, 4) is 0 Å². The Balaban J connectivity index is 2.18. The van der Waals surface area contributed by atoms with Gasteiger partial charge in [-0.15, -0.1) is 0 Å². The highest BCUT2D eigenvalue weighted by atomic mass is 35.5. The van der Waals surface area contributed by atoms with Gasteiger partial charge in [0.25, 0.3) is 0 Å². The molecule has 0 unspecified atom stereocenters. The Hall–Kier alpha value is -0.910. The van der Waals surface area contributed by atoms with Crippen LogP contribution >= 0.6 is 23.2 Å². The van der Waals surface area contributed by atoms with E-state index in [1.165, 1.54) is 0 Å². The Labute approximate surface area is 101 Å². The monoisotopic (exact) mass is 258 g/mol. The van der Waals surface area contributed by atoms with Gasteiger partial charge in [-0.25, -0.2) is 9.97 Å². The van der Waals surface area contributed by atoms with Crippen molar-refractivity contribution in [3.63, 3.8) is 0 Å². The molecule has 1 fully saturated rings. The van der Waals surface area contributed by atoms with Crippen molar-refractivity contribution in [1.29, 1.82) is 0 Å². The Morgan fingerprint density at radius 2 is 2.25 bits per heavy atom. The molecule has 0 spiro atoms. The van der Waals surface area contributed by atoms with Crippen LogP contribution in [0.4, 0.5) is 0 Å². The number of rotatable bonds is 1. The van der Waals surface area contributed by atoms with Crippen LogP contribution in [0.15, 0.2) is 6.33 Å². The second kappa shape index (κ2) is 3.84. The van der Waals surface area contributed by atoms with Crippen LogP contribution in [0.3, 0.4) is 0 Å². The number of halogens is 2. The van der Waals surface area contributed by atoms with Crippen molar-refractivity contribution in [3.05, 3.63) is 16.8 Å². The third-order valence-corrected chi connectivity index (χ3v) is 3.00. The number of ether oxygens (including phenoxy) is 1. The van der Waals surface area contributed by atoms with Crippen molar-refractivity contribution < 1.29 is 4.74 Å². The lowest BCUT2D eigenvalue weighted by Crippen LogP contribution is -2.06. The molecule has 3 heterocycles. The fraction of sp³-hybridized carbons (Fsp3) is 0.444. The maximum absolute atomic E-state index is 5.93. The van der Waals surface area contributed by atoms with Gasteiger partial charge in [-0.3, -0.25) is 4.57 Å². The van der Waals surface area contributed by atoms with Gasteiger partial charge in [-0.1, -0.05) is 11.6 Å². The van der Waals surface area contributed by atoms with Gasteiger partial charge < -0.3 is 4.74 Å². The zero-order valence-corrected chi connectivity index (χ0v) is 9.74. The topological polar surface area (TPSA) is 52.8 Å². The Bertz CT molecular complexity index is 536. The highest BCUT2D eigenvalue weighted by molar-refractivity contribution is 6.35. The van der Waals surface area contributed by atoms with E-state index in [2.05, 4.69) is 15.0 Å². The van der Waals surface area contributed by atoms with Gasteiger partial charge in [0.1, 0.15) is 11.7 Å². The van der Waals surface area contributed by atoms with Crippen LogP contribution in [0.2, 0.25) is 10.4 Å². The minimum absolute atomic E-state index is 0.0213. The molecule has 0 aliphatic carbocycles. The molecule has 0 amide bonds. The summed E-state index contributed by atoms with van der Waals surface area (Å²) in [5, 5.41) is 0.393. The normalized spacial score (nSPS) is 20.8. The fourth-order valence-corrected chi connectivity index (χ4v) is 2.27. The lowest BCUT2D eigenvalue weighted by molar-refractivity contribution is 0.0593. The second-order valence-electron chi connectivity index (χ2n) is 3.58. The predicted octanol–water partition coefficient (Wildman–Crippen LogP) is 2.44. The zero-order valence-electron chi connectivity index (χ0n) is 8.23. The third-order valence-electron chi connectivity index (χ3n) is 2.57. The van der Waals surface area contributed by atoms with Crippen LogP contribution in [0.5, 0.6) is 0 Å². The molecule has 84 valence electrons. The minimum atomic E-state index is -0.0213. The van der Waals surface area contributed by atoms with Gasteiger partial charge >= 0.3 is 0 Å². The van der Waals surface area contributed by atoms with Gasteiger partial charge in [-0.2, -0.15) is 4.98 Å². The molecular formula is C9H8Cl2N4O. The summed E-state index contributed by atoms with van der Waals surface area (Å²) in [5.74, 6) is 0. The number of imidazole rings is 1. The van der Waals surface area contributed by atoms with Gasteiger partial charge in [0, 0.05) is 6.61 Å². The summed E-state index contributed by atoms with van der Waals surface area (Å²) in [5.41, 5.74) is 1.18. The molecule has 1 aliphatic heterocycles. The number of fused-ring (bicyclic) bond motifs is 1. The molecule has 0 aromatic carbocycles. The Morgan fingerprint density at radius 1 is 1.38 bits per heavy atom. The number of aromatic nitrogens is 4. The van der Waals surface area contributed by atoms with Crippen molar-refractivity contribution in [2.45, 2.75) is 19.1 Å². The van der Waals surface area contributed by atoms with Crippen molar-refractivity contribution in [2.24, 2.45) is 0 Å². The van der Waals surface area contributed by atoms with Crippen LogP contribution in [0.1, 0.15) is 19.1 Å². The molecule has 0 radical (unpaired) electrons. The van der Waals surface area contributed by atoms with Crippen LogP contribution < -0.4 is 0 Å². The van der Waals surface area contributed by atoms with Gasteiger partial charge in [0.15, 0.2) is 10.8 Å². The standard InChI is InChI=1S/C9H8Cl2N4O/c10-7-6-8(14-9(11)13-7)15(4-12-6)5-2-1-3-16-5/h4-5H,1-3H2/t5-/m0/s1. The molecule has 1 saturated heterocycles. The Morgan fingerprint density at radius 3 is 3.00 bits per heavy atom. The first kappa shape index (κ1) is 10.3. The first-order valence-electron chi connectivity index (χ1n) is 4.93. The van der Waals surface area contributed by atoms with Gasteiger partial charge in [0.2, 0.25) is 5.28 Å². The fourth-order valence-electron chi connectivity index (χ4n) is 1.85. The summed E-state index contributed by atoms with van der Waals surface area (Å²) in [4.78, 5) is 12.1. The SMILES string of the molecule is Clc1nc(Cl)c2ncn([C@@H]3CCCO3)c2n1. The number of nitrogens with zero attached hydrogens (tertiary/aromatic N) is 4.